The fourth-order valence-electron chi connectivity index (χ4n) is 7.60. The number of amides is 3. The number of nitrogens with one attached hydrogen (secondary N) is 2. The van der Waals surface area contributed by atoms with Crippen molar-refractivity contribution >= 4 is 38.8 Å². The lowest BCUT2D eigenvalue weighted by Gasteiger charge is -2.31. The van der Waals surface area contributed by atoms with E-state index in [2.05, 4.69) is 17.0 Å². The summed E-state index contributed by atoms with van der Waals surface area (Å²) in [7, 11) is -2.25. The third-order valence-electron chi connectivity index (χ3n) is 11.1. The first-order chi connectivity index (χ1) is 23.9. The molecule has 4 fully saturated rings. The Bertz CT molecular complexity index is 1810. The van der Waals surface area contributed by atoms with E-state index in [4.69, 9.17) is 25.2 Å². The first kappa shape index (κ1) is 34.7. The molecule has 1 aromatic heterocycles. The lowest BCUT2D eigenvalue weighted by atomic mass is 9.85. The Balaban J connectivity index is 1.19. The maximum Gasteiger partial charge on any atom is 0.259 e. The molecule has 7 atom stereocenters. The highest BCUT2D eigenvalue weighted by molar-refractivity contribution is 7.91. The molecule has 0 bridgehead atoms. The number of aromatic nitrogens is 2. The van der Waals surface area contributed by atoms with E-state index in [9.17, 15) is 22.8 Å². The van der Waals surface area contributed by atoms with Crippen LogP contribution in [-0.2, 0) is 24.4 Å². The van der Waals surface area contributed by atoms with Gasteiger partial charge in [0.25, 0.3) is 5.91 Å². The highest BCUT2D eigenvalue weighted by atomic mass is 32.2. The predicted molar refractivity (Wildman–Crippen MR) is 186 cm³/mol. The number of rotatable bonds is 8. The number of ether oxygens (including phenoxy) is 2. The Labute approximate surface area is 293 Å². The van der Waals surface area contributed by atoms with Crippen LogP contribution in [0.2, 0.25) is 0 Å². The molecule has 7 unspecified atom stereocenters. The molecule has 2 aromatic rings. The molecule has 270 valence electrons. The van der Waals surface area contributed by atoms with Crippen LogP contribution in [0, 0.1) is 17.8 Å². The molecule has 3 aliphatic carbocycles. The Kier molecular flexibility index (Phi) is 9.29. The molecule has 1 aromatic carbocycles. The van der Waals surface area contributed by atoms with Gasteiger partial charge in [0.05, 0.1) is 36.0 Å². The van der Waals surface area contributed by atoms with Crippen LogP contribution >= 0.6 is 0 Å². The molecule has 3 heterocycles. The first-order valence-corrected chi connectivity index (χ1v) is 19.6. The van der Waals surface area contributed by atoms with E-state index in [1.54, 1.807) is 7.11 Å². The quantitative estimate of drug-likeness (QED) is 0.345. The van der Waals surface area contributed by atoms with Crippen molar-refractivity contribution < 1.29 is 32.3 Å². The standard InChI is InChI=1S/C36H48N6O7S/c1-4-21-15-20(2)7-5-6-8-23-18-36(23,35(45)41-50(46,47)26-12-13-26)40-32(43)29-17-25(19-42(29)34(44)30(21)37)49-33-31(22-9-10-22)38-28-16-24(48-3)11-14-27(28)39-33/h6,8,11,14,16,20-23,25-26,29-30H,4-5,7,9-10,12-13,15,17-19,37H2,1-3H3,(H,40,43)(H,41,45). The molecule has 0 radical (unpaired) electrons. The van der Waals surface area contributed by atoms with E-state index in [1.807, 2.05) is 37.3 Å². The lowest BCUT2D eigenvalue weighted by molar-refractivity contribution is -0.141. The number of fused-ring (bicyclic) bond motifs is 3. The second-order valence-electron chi connectivity index (χ2n) is 15.0. The third kappa shape index (κ3) is 6.92. The third-order valence-corrected chi connectivity index (χ3v) is 13.0. The summed E-state index contributed by atoms with van der Waals surface area (Å²) < 4.78 is 39.8. The van der Waals surface area contributed by atoms with Gasteiger partial charge in [-0.15, -0.1) is 0 Å². The maximum atomic E-state index is 14.3. The van der Waals surface area contributed by atoms with Gasteiger partial charge in [0.15, 0.2) is 0 Å². The van der Waals surface area contributed by atoms with E-state index in [-0.39, 0.29) is 43.0 Å². The summed E-state index contributed by atoms with van der Waals surface area (Å²) in [5.74, 6) is -0.537. The minimum absolute atomic E-state index is 0.0849. The fourth-order valence-corrected chi connectivity index (χ4v) is 8.97. The molecule has 13 nitrogen and oxygen atoms in total. The monoisotopic (exact) mass is 708 g/mol. The van der Waals surface area contributed by atoms with Gasteiger partial charge < -0.3 is 25.4 Å². The minimum atomic E-state index is -3.85. The summed E-state index contributed by atoms with van der Waals surface area (Å²) in [5, 5.41) is 2.33. The second-order valence-corrected chi connectivity index (χ2v) is 17.0. The number of methoxy groups -OCH3 is 1. The molecule has 1 saturated heterocycles. The number of sulfonamides is 1. The predicted octanol–water partition coefficient (Wildman–Crippen LogP) is 3.08. The van der Waals surface area contributed by atoms with Crippen molar-refractivity contribution in [1.29, 1.82) is 0 Å². The van der Waals surface area contributed by atoms with Crippen LogP contribution in [-0.4, -0.2) is 83.6 Å². The molecule has 3 amide bonds. The number of benzene rings is 1. The van der Waals surface area contributed by atoms with Gasteiger partial charge in [-0.3, -0.25) is 19.1 Å². The number of nitrogens with zero attached hydrogens (tertiary/aromatic N) is 3. The average molecular weight is 709 g/mol. The molecule has 7 rings (SSSR count). The average Bonchev–Trinajstić information content (AvgIpc) is 3.98. The van der Waals surface area contributed by atoms with Crippen LogP contribution in [0.15, 0.2) is 30.4 Å². The van der Waals surface area contributed by atoms with Gasteiger partial charge in [0.2, 0.25) is 27.7 Å². The van der Waals surface area contributed by atoms with Crippen molar-refractivity contribution in [3.05, 3.63) is 36.0 Å². The van der Waals surface area contributed by atoms with Gasteiger partial charge >= 0.3 is 0 Å². The summed E-state index contributed by atoms with van der Waals surface area (Å²) in [6, 6.07) is 3.64. The number of nitrogens with two attached hydrogens (primary N) is 1. The molecule has 3 saturated carbocycles. The van der Waals surface area contributed by atoms with Crippen molar-refractivity contribution in [2.24, 2.45) is 23.5 Å². The number of hydrogen-bond acceptors (Lipinski definition) is 10. The summed E-state index contributed by atoms with van der Waals surface area (Å²) in [4.78, 5) is 53.4. The normalized spacial score (nSPS) is 32.0. The van der Waals surface area contributed by atoms with Crippen LogP contribution in [0.1, 0.15) is 89.7 Å². The van der Waals surface area contributed by atoms with Crippen LogP contribution in [0.3, 0.4) is 0 Å². The summed E-state index contributed by atoms with van der Waals surface area (Å²) in [6.45, 7) is 4.27. The van der Waals surface area contributed by atoms with E-state index < -0.39 is 50.8 Å². The van der Waals surface area contributed by atoms with Crippen molar-refractivity contribution in [1.82, 2.24) is 24.9 Å². The largest absolute Gasteiger partial charge is 0.497 e. The maximum absolute atomic E-state index is 14.3. The van der Waals surface area contributed by atoms with E-state index >= 15 is 0 Å². The van der Waals surface area contributed by atoms with Crippen LogP contribution in [0.5, 0.6) is 11.6 Å². The number of allylic oxidation sites excluding steroid dienone is 1. The zero-order valence-electron chi connectivity index (χ0n) is 29.0. The van der Waals surface area contributed by atoms with E-state index in [1.165, 1.54) is 4.90 Å². The first-order valence-electron chi connectivity index (χ1n) is 18.1. The molecule has 14 heteroatoms. The lowest BCUT2D eigenvalue weighted by Crippen LogP contribution is -2.58. The number of hydrogen-bond donors (Lipinski definition) is 3. The highest BCUT2D eigenvalue weighted by Crippen LogP contribution is 2.47. The summed E-state index contributed by atoms with van der Waals surface area (Å²) in [6.07, 6.45) is 9.74. The Morgan fingerprint density at radius 1 is 1.12 bits per heavy atom. The van der Waals surface area contributed by atoms with E-state index in [0.717, 1.165) is 37.8 Å². The zero-order chi connectivity index (χ0) is 35.4. The van der Waals surface area contributed by atoms with Gasteiger partial charge in [-0.25, -0.2) is 18.4 Å². The molecule has 5 aliphatic rings. The second kappa shape index (κ2) is 13.4. The smallest absolute Gasteiger partial charge is 0.259 e. The molecule has 4 N–H and O–H groups in total. The zero-order valence-corrected chi connectivity index (χ0v) is 29.8. The van der Waals surface area contributed by atoms with Gasteiger partial charge in [-0.05, 0) is 75.3 Å². The Morgan fingerprint density at radius 3 is 2.60 bits per heavy atom. The number of carbonyl (C=O) groups is 3. The minimum Gasteiger partial charge on any atom is -0.497 e. The summed E-state index contributed by atoms with van der Waals surface area (Å²) >= 11 is 0. The topological polar surface area (TPSA) is 183 Å². The van der Waals surface area contributed by atoms with Gasteiger partial charge in [-0.2, -0.15) is 0 Å². The molecule has 50 heavy (non-hydrogen) atoms. The molecular weight excluding hydrogens is 660 g/mol. The van der Waals surface area contributed by atoms with Crippen molar-refractivity contribution in [2.75, 3.05) is 13.7 Å². The van der Waals surface area contributed by atoms with Crippen molar-refractivity contribution in [3.63, 3.8) is 0 Å². The summed E-state index contributed by atoms with van der Waals surface area (Å²) in [5.41, 5.74) is 7.33. The van der Waals surface area contributed by atoms with Crippen LogP contribution < -0.4 is 25.2 Å². The van der Waals surface area contributed by atoms with E-state index in [0.29, 0.717) is 47.8 Å². The SMILES string of the molecule is CCC1CC(C)CCC=CC2CC2(C(=O)NS(=O)(=O)C2CC2)NC(=O)C2CC(Oc3nc4ccc(OC)cc4nc3C3CC3)CN2C(=O)C1N. The highest BCUT2D eigenvalue weighted by Gasteiger charge is 2.62. The molecule has 0 spiro atoms. The Morgan fingerprint density at radius 2 is 1.90 bits per heavy atom. The van der Waals surface area contributed by atoms with Gasteiger partial charge in [0, 0.05) is 24.3 Å². The number of carbonyl (C=O) groups excluding carboxylic acids is 3. The molecule has 2 aliphatic heterocycles. The van der Waals surface area contributed by atoms with Crippen LogP contribution in [0.4, 0.5) is 0 Å². The van der Waals surface area contributed by atoms with Gasteiger partial charge in [-0.1, -0.05) is 32.4 Å². The van der Waals surface area contributed by atoms with Crippen molar-refractivity contribution in [2.45, 2.75) is 113 Å². The van der Waals surface area contributed by atoms with Crippen LogP contribution in [0.25, 0.3) is 11.0 Å². The van der Waals surface area contributed by atoms with Crippen molar-refractivity contribution in [3.8, 4) is 11.6 Å². The van der Waals surface area contributed by atoms with Gasteiger partial charge in [0.1, 0.15) is 29.1 Å². The Hall–Kier alpha value is -3.78. The fraction of sp³-hybridized carbons (Fsp3) is 0.639. The molecular formula is C36H48N6O7S.